The van der Waals surface area contributed by atoms with Crippen molar-refractivity contribution in [2.24, 2.45) is 0 Å². The van der Waals surface area contributed by atoms with Crippen LogP contribution in [0.5, 0.6) is 5.88 Å². The van der Waals surface area contributed by atoms with E-state index in [4.69, 9.17) is 4.74 Å². The van der Waals surface area contributed by atoms with Gasteiger partial charge in [-0.25, -0.2) is 15.0 Å². The summed E-state index contributed by atoms with van der Waals surface area (Å²) in [4.78, 5) is 27.3. The standard InChI is InChI=1S/C14H12N4O2/c1-8-17-11-4-3-9(7-10(11)13(19)18-8)12-14(20-2)16-6-5-15-12/h3-7H,1-2H3,(H,17,18,19). The summed E-state index contributed by atoms with van der Waals surface area (Å²) in [6, 6.07) is 5.38. The molecule has 0 atom stereocenters. The van der Waals surface area contributed by atoms with Crippen molar-refractivity contribution in [2.45, 2.75) is 6.92 Å². The quantitative estimate of drug-likeness (QED) is 0.765. The largest absolute Gasteiger partial charge is 0.479 e. The fraction of sp³-hybridized carbons (Fsp3) is 0.143. The highest BCUT2D eigenvalue weighted by molar-refractivity contribution is 5.83. The fourth-order valence-corrected chi connectivity index (χ4v) is 2.08. The molecule has 1 aromatic carbocycles. The molecule has 6 nitrogen and oxygen atoms in total. The SMILES string of the molecule is COc1nccnc1-c1ccc2nc(C)[nH]c(=O)c2c1. The number of nitrogens with one attached hydrogen (secondary N) is 1. The lowest BCUT2D eigenvalue weighted by Crippen LogP contribution is -2.09. The van der Waals surface area contributed by atoms with Gasteiger partial charge in [-0.05, 0) is 19.1 Å². The molecule has 0 unspecified atom stereocenters. The third-order valence-electron chi connectivity index (χ3n) is 2.96. The van der Waals surface area contributed by atoms with Crippen LogP contribution in [0.4, 0.5) is 0 Å². The van der Waals surface area contributed by atoms with Gasteiger partial charge in [-0.3, -0.25) is 4.79 Å². The van der Waals surface area contributed by atoms with Gasteiger partial charge in [0.05, 0.1) is 18.0 Å². The van der Waals surface area contributed by atoms with E-state index >= 15 is 0 Å². The molecule has 0 spiro atoms. The molecule has 0 amide bonds. The highest BCUT2D eigenvalue weighted by Crippen LogP contribution is 2.26. The maximum Gasteiger partial charge on any atom is 0.258 e. The van der Waals surface area contributed by atoms with Gasteiger partial charge in [0.2, 0.25) is 5.88 Å². The molecule has 3 rings (SSSR count). The molecular formula is C14H12N4O2. The third-order valence-corrected chi connectivity index (χ3v) is 2.96. The van der Waals surface area contributed by atoms with E-state index in [0.29, 0.717) is 28.3 Å². The fourth-order valence-electron chi connectivity index (χ4n) is 2.08. The third kappa shape index (κ3) is 2.01. The van der Waals surface area contributed by atoms with Crippen molar-refractivity contribution in [1.82, 2.24) is 19.9 Å². The maximum atomic E-state index is 12.0. The van der Waals surface area contributed by atoms with Gasteiger partial charge in [0.25, 0.3) is 5.56 Å². The summed E-state index contributed by atoms with van der Waals surface area (Å²) in [5.41, 5.74) is 1.84. The second-order valence-corrected chi connectivity index (χ2v) is 4.30. The van der Waals surface area contributed by atoms with Gasteiger partial charge in [-0.15, -0.1) is 0 Å². The van der Waals surface area contributed by atoms with E-state index in [9.17, 15) is 4.79 Å². The van der Waals surface area contributed by atoms with Crippen molar-refractivity contribution < 1.29 is 4.74 Å². The Morgan fingerprint density at radius 3 is 2.80 bits per heavy atom. The van der Waals surface area contributed by atoms with Gasteiger partial charge >= 0.3 is 0 Å². The lowest BCUT2D eigenvalue weighted by Gasteiger charge is -2.06. The van der Waals surface area contributed by atoms with E-state index in [1.54, 1.807) is 31.5 Å². The monoisotopic (exact) mass is 268 g/mol. The van der Waals surface area contributed by atoms with Crippen LogP contribution in [-0.4, -0.2) is 27.0 Å². The molecule has 0 fully saturated rings. The van der Waals surface area contributed by atoms with Crippen molar-refractivity contribution in [2.75, 3.05) is 7.11 Å². The van der Waals surface area contributed by atoms with Crippen LogP contribution in [0.1, 0.15) is 5.82 Å². The van der Waals surface area contributed by atoms with Gasteiger partial charge in [-0.2, -0.15) is 0 Å². The Labute approximate surface area is 114 Å². The average molecular weight is 268 g/mol. The molecule has 100 valence electrons. The lowest BCUT2D eigenvalue weighted by atomic mass is 10.1. The van der Waals surface area contributed by atoms with Crippen molar-refractivity contribution >= 4 is 10.9 Å². The number of hydrogen-bond donors (Lipinski definition) is 1. The number of benzene rings is 1. The van der Waals surface area contributed by atoms with E-state index in [0.717, 1.165) is 5.56 Å². The Bertz CT molecular complexity index is 842. The molecule has 0 aliphatic rings. The van der Waals surface area contributed by atoms with Crippen molar-refractivity contribution in [3.8, 4) is 17.1 Å². The van der Waals surface area contributed by atoms with Crippen molar-refractivity contribution in [1.29, 1.82) is 0 Å². The minimum Gasteiger partial charge on any atom is -0.479 e. The number of ether oxygens (including phenoxy) is 1. The summed E-state index contributed by atoms with van der Waals surface area (Å²) in [6.07, 6.45) is 3.14. The molecule has 6 heteroatoms. The van der Waals surface area contributed by atoms with Gasteiger partial charge in [0.1, 0.15) is 11.5 Å². The zero-order valence-electron chi connectivity index (χ0n) is 11.0. The summed E-state index contributed by atoms with van der Waals surface area (Å²) in [7, 11) is 1.53. The Kier molecular flexibility index (Phi) is 2.90. The number of fused-ring (bicyclic) bond motifs is 1. The first-order valence-electron chi connectivity index (χ1n) is 6.05. The Hall–Kier alpha value is -2.76. The molecule has 0 radical (unpaired) electrons. The highest BCUT2D eigenvalue weighted by atomic mass is 16.5. The summed E-state index contributed by atoms with van der Waals surface area (Å²) in [5.74, 6) is 1.01. The maximum absolute atomic E-state index is 12.0. The van der Waals surface area contributed by atoms with E-state index in [2.05, 4.69) is 19.9 Å². The molecule has 0 aliphatic carbocycles. The van der Waals surface area contributed by atoms with Crippen LogP contribution in [-0.2, 0) is 0 Å². The second kappa shape index (κ2) is 4.73. The van der Waals surface area contributed by atoms with Crippen LogP contribution in [0.25, 0.3) is 22.2 Å². The zero-order valence-corrected chi connectivity index (χ0v) is 11.0. The first kappa shape index (κ1) is 12.3. The molecule has 0 aliphatic heterocycles. The summed E-state index contributed by atoms with van der Waals surface area (Å²) in [5, 5.41) is 0.515. The number of rotatable bonds is 2. The summed E-state index contributed by atoms with van der Waals surface area (Å²) in [6.45, 7) is 1.75. The molecule has 20 heavy (non-hydrogen) atoms. The predicted octanol–water partition coefficient (Wildman–Crippen LogP) is 1.70. The molecule has 1 N–H and O–H groups in total. The van der Waals surface area contributed by atoms with Gasteiger partial charge in [0.15, 0.2) is 0 Å². The van der Waals surface area contributed by atoms with Gasteiger partial charge in [0, 0.05) is 18.0 Å². The average Bonchev–Trinajstić information content (AvgIpc) is 2.47. The number of aromatic nitrogens is 4. The minimum absolute atomic E-state index is 0.169. The number of methoxy groups -OCH3 is 1. The van der Waals surface area contributed by atoms with Crippen molar-refractivity contribution in [3.05, 3.63) is 46.8 Å². The highest BCUT2D eigenvalue weighted by Gasteiger charge is 2.10. The molecule has 0 saturated heterocycles. The van der Waals surface area contributed by atoms with Crippen molar-refractivity contribution in [3.63, 3.8) is 0 Å². The number of aryl methyl sites for hydroxylation is 1. The van der Waals surface area contributed by atoms with Gasteiger partial charge < -0.3 is 9.72 Å². The van der Waals surface area contributed by atoms with E-state index in [1.807, 2.05) is 6.07 Å². The van der Waals surface area contributed by atoms with Crippen LogP contribution in [0.3, 0.4) is 0 Å². The minimum atomic E-state index is -0.169. The van der Waals surface area contributed by atoms with E-state index in [-0.39, 0.29) is 5.56 Å². The van der Waals surface area contributed by atoms with Crippen LogP contribution in [0.2, 0.25) is 0 Å². The molecular weight excluding hydrogens is 256 g/mol. The van der Waals surface area contributed by atoms with Crippen LogP contribution < -0.4 is 10.3 Å². The number of hydrogen-bond acceptors (Lipinski definition) is 5. The predicted molar refractivity (Wildman–Crippen MR) is 74.7 cm³/mol. The first-order valence-corrected chi connectivity index (χ1v) is 6.05. The topological polar surface area (TPSA) is 80.8 Å². The summed E-state index contributed by atoms with van der Waals surface area (Å²) < 4.78 is 5.19. The summed E-state index contributed by atoms with van der Waals surface area (Å²) >= 11 is 0. The zero-order chi connectivity index (χ0) is 14.1. The smallest absolute Gasteiger partial charge is 0.258 e. The normalized spacial score (nSPS) is 10.7. The molecule has 2 heterocycles. The van der Waals surface area contributed by atoms with Crippen LogP contribution >= 0.6 is 0 Å². The lowest BCUT2D eigenvalue weighted by molar-refractivity contribution is 0.398. The second-order valence-electron chi connectivity index (χ2n) is 4.30. The molecule has 0 saturated carbocycles. The van der Waals surface area contributed by atoms with Crippen LogP contribution in [0.15, 0.2) is 35.4 Å². The number of aromatic amines is 1. The first-order chi connectivity index (χ1) is 9.69. The Morgan fingerprint density at radius 2 is 2.00 bits per heavy atom. The van der Waals surface area contributed by atoms with E-state index in [1.165, 1.54) is 7.11 Å². The number of nitrogens with zero attached hydrogens (tertiary/aromatic N) is 3. The van der Waals surface area contributed by atoms with Crippen LogP contribution in [0, 0.1) is 6.92 Å². The van der Waals surface area contributed by atoms with Gasteiger partial charge in [-0.1, -0.05) is 6.07 Å². The molecule has 2 aromatic heterocycles. The van der Waals surface area contributed by atoms with E-state index < -0.39 is 0 Å². The molecule has 3 aromatic rings. The Morgan fingerprint density at radius 1 is 1.20 bits per heavy atom. The number of H-pyrrole nitrogens is 1. The Balaban J connectivity index is 2.26. The molecule has 0 bridgehead atoms.